The summed E-state index contributed by atoms with van der Waals surface area (Å²) in [6.07, 6.45) is -10.1. The van der Waals surface area contributed by atoms with E-state index < -0.39 is 40.5 Å². The van der Waals surface area contributed by atoms with Crippen molar-refractivity contribution in [2.24, 2.45) is 0 Å². The molecule has 1 aromatic carbocycles. The van der Waals surface area contributed by atoms with E-state index in [0.717, 1.165) is 16.1 Å². The molecule has 7 nitrogen and oxygen atoms in total. The van der Waals surface area contributed by atoms with E-state index in [1.807, 2.05) is 0 Å². The molecule has 2 heterocycles. The molecule has 3 aromatic rings. The largest absolute Gasteiger partial charge is 0.416 e. The number of aryl methyl sites for hydroxylation is 2. The van der Waals surface area contributed by atoms with Crippen LogP contribution in [0.2, 0.25) is 0 Å². The van der Waals surface area contributed by atoms with Gasteiger partial charge in [0.25, 0.3) is 11.5 Å². The highest BCUT2D eigenvalue weighted by Gasteiger charge is 2.37. The number of amides is 1. The molecular weight excluding hydrogens is 456 g/mol. The second kappa shape index (κ2) is 8.71. The maximum absolute atomic E-state index is 13.0. The number of carbonyl (C=O) groups is 1. The molecule has 1 amide bonds. The van der Waals surface area contributed by atoms with E-state index in [1.165, 1.54) is 16.8 Å². The van der Waals surface area contributed by atoms with E-state index >= 15 is 0 Å². The summed E-state index contributed by atoms with van der Waals surface area (Å²) in [7, 11) is 0. The summed E-state index contributed by atoms with van der Waals surface area (Å²) in [4.78, 5) is 24.3. The Morgan fingerprint density at radius 3 is 2.06 bits per heavy atom. The monoisotopic (exact) mass is 473 g/mol. The first-order valence-corrected chi connectivity index (χ1v) is 9.45. The molecule has 176 valence electrons. The van der Waals surface area contributed by atoms with Gasteiger partial charge < -0.3 is 5.32 Å². The first kappa shape index (κ1) is 24.0. The van der Waals surface area contributed by atoms with E-state index in [-0.39, 0.29) is 19.2 Å². The zero-order valence-corrected chi connectivity index (χ0v) is 17.3. The van der Waals surface area contributed by atoms with Crippen LogP contribution in [0.25, 0.3) is 5.82 Å². The van der Waals surface area contributed by atoms with Crippen LogP contribution in [-0.2, 0) is 18.9 Å². The molecule has 33 heavy (non-hydrogen) atoms. The van der Waals surface area contributed by atoms with Crippen molar-refractivity contribution in [1.29, 1.82) is 0 Å². The van der Waals surface area contributed by atoms with Crippen molar-refractivity contribution < 1.29 is 31.1 Å². The molecule has 0 saturated carbocycles. The Morgan fingerprint density at radius 2 is 1.55 bits per heavy atom. The number of nitrogens with zero attached hydrogens (tertiary/aromatic N) is 4. The van der Waals surface area contributed by atoms with Crippen LogP contribution < -0.4 is 10.9 Å². The lowest BCUT2D eigenvalue weighted by atomic mass is 10.0. The van der Waals surface area contributed by atoms with Gasteiger partial charge in [-0.25, -0.2) is 9.36 Å². The van der Waals surface area contributed by atoms with Crippen LogP contribution in [0.4, 0.5) is 26.3 Å². The third-order valence-corrected chi connectivity index (χ3v) is 4.54. The van der Waals surface area contributed by atoms with Crippen molar-refractivity contribution in [3.8, 4) is 5.82 Å². The summed E-state index contributed by atoms with van der Waals surface area (Å²) < 4.78 is 80.3. The summed E-state index contributed by atoms with van der Waals surface area (Å²) in [5.74, 6) is -0.839. The molecule has 0 bridgehead atoms. The number of nitrogens with one attached hydrogen (secondary N) is 1. The number of carbonyl (C=O) groups excluding carboxylic acids is 1. The predicted molar refractivity (Wildman–Crippen MR) is 104 cm³/mol. The van der Waals surface area contributed by atoms with Gasteiger partial charge in [-0.05, 0) is 44.2 Å². The summed E-state index contributed by atoms with van der Waals surface area (Å²) >= 11 is 0. The van der Waals surface area contributed by atoms with Gasteiger partial charge in [-0.3, -0.25) is 9.59 Å². The smallest absolute Gasteiger partial charge is 0.350 e. The predicted octanol–water partition coefficient (Wildman–Crippen LogP) is 3.51. The van der Waals surface area contributed by atoms with E-state index in [9.17, 15) is 35.9 Å². The lowest BCUT2D eigenvalue weighted by molar-refractivity contribution is -0.143. The summed E-state index contributed by atoms with van der Waals surface area (Å²) in [6, 6.07) is 5.06. The number of halogens is 6. The minimum Gasteiger partial charge on any atom is -0.350 e. The van der Waals surface area contributed by atoms with Gasteiger partial charge in [0.05, 0.1) is 23.4 Å². The zero-order valence-electron chi connectivity index (χ0n) is 17.3. The highest BCUT2D eigenvalue weighted by molar-refractivity contribution is 5.94. The van der Waals surface area contributed by atoms with Crippen molar-refractivity contribution in [3.05, 3.63) is 74.8 Å². The highest BCUT2D eigenvalue weighted by atomic mass is 19.4. The van der Waals surface area contributed by atoms with Crippen LogP contribution in [0.1, 0.15) is 32.9 Å². The highest BCUT2D eigenvalue weighted by Crippen LogP contribution is 2.36. The van der Waals surface area contributed by atoms with Gasteiger partial charge in [0.1, 0.15) is 0 Å². The van der Waals surface area contributed by atoms with Crippen LogP contribution in [-0.4, -0.2) is 32.0 Å². The van der Waals surface area contributed by atoms with E-state index in [4.69, 9.17) is 0 Å². The molecule has 3 rings (SSSR count). The van der Waals surface area contributed by atoms with Crippen molar-refractivity contribution in [1.82, 2.24) is 24.9 Å². The maximum Gasteiger partial charge on any atom is 0.416 e. The van der Waals surface area contributed by atoms with Crippen LogP contribution in [0, 0.1) is 13.8 Å². The molecule has 1 N–H and O–H groups in total. The molecule has 0 fully saturated rings. The average Bonchev–Trinajstić information content (AvgIpc) is 3.05. The molecule has 0 unspecified atom stereocenters. The van der Waals surface area contributed by atoms with Crippen molar-refractivity contribution >= 4 is 5.91 Å². The third-order valence-electron chi connectivity index (χ3n) is 4.54. The fraction of sp³-hybridized carbons (Fsp3) is 0.300. The number of hydrogen-bond donors (Lipinski definition) is 1. The molecule has 0 saturated heterocycles. The molecule has 0 radical (unpaired) electrons. The first-order chi connectivity index (χ1) is 15.3. The molecule has 0 spiro atoms. The molecule has 2 aromatic heterocycles. The number of alkyl halides is 6. The minimum atomic E-state index is -5.07. The summed E-state index contributed by atoms with van der Waals surface area (Å²) in [5, 5.41) is 10.6. The Morgan fingerprint density at radius 1 is 0.939 bits per heavy atom. The summed E-state index contributed by atoms with van der Waals surface area (Å²) in [6.45, 7) is 3.10. The fourth-order valence-corrected chi connectivity index (χ4v) is 3.04. The normalized spacial score (nSPS) is 12.1. The maximum atomic E-state index is 13.0. The van der Waals surface area contributed by atoms with Crippen LogP contribution in [0.3, 0.4) is 0 Å². The van der Waals surface area contributed by atoms with Crippen molar-refractivity contribution in [2.75, 3.05) is 6.54 Å². The Balaban J connectivity index is 1.78. The molecule has 0 aliphatic carbocycles. The number of benzene rings is 1. The zero-order chi connectivity index (χ0) is 24.6. The lowest BCUT2D eigenvalue weighted by Crippen LogP contribution is -2.32. The second-order valence-electron chi connectivity index (χ2n) is 7.14. The minimum absolute atomic E-state index is 0.0647. The first-order valence-electron chi connectivity index (χ1n) is 9.45. The van der Waals surface area contributed by atoms with E-state index in [2.05, 4.69) is 15.5 Å². The van der Waals surface area contributed by atoms with Gasteiger partial charge in [0, 0.05) is 23.9 Å². The van der Waals surface area contributed by atoms with Crippen molar-refractivity contribution in [3.63, 3.8) is 0 Å². The van der Waals surface area contributed by atoms with E-state index in [0.29, 0.717) is 18.0 Å². The standard InChI is InChI=1S/C20H17F6N5O2/c1-11-7-12(2)31(28-11)16-3-4-17(32)30(29-16)6-5-27-18(33)13-8-14(19(21,22)23)10-15(9-13)20(24,25)26/h3-4,7-10H,5-6H2,1-2H3,(H,27,33). The van der Waals surface area contributed by atoms with Crippen LogP contribution >= 0.6 is 0 Å². The Labute approximate surface area is 182 Å². The van der Waals surface area contributed by atoms with Gasteiger partial charge in [0.2, 0.25) is 0 Å². The molecule has 0 atom stereocenters. The SMILES string of the molecule is Cc1cc(C)n(-c2ccc(=O)n(CCNC(=O)c3cc(C(F)(F)F)cc(C(F)(F)F)c3)n2)n1. The number of hydrogen-bond acceptors (Lipinski definition) is 4. The Bertz CT molecular complexity index is 1210. The number of aromatic nitrogens is 4. The number of rotatable bonds is 5. The topological polar surface area (TPSA) is 81.8 Å². The fourth-order valence-electron chi connectivity index (χ4n) is 3.04. The molecule has 0 aliphatic rings. The van der Waals surface area contributed by atoms with Gasteiger partial charge in [0.15, 0.2) is 5.82 Å². The van der Waals surface area contributed by atoms with Gasteiger partial charge in [-0.1, -0.05) is 0 Å². The van der Waals surface area contributed by atoms with Crippen LogP contribution in [0.15, 0.2) is 41.2 Å². The van der Waals surface area contributed by atoms with Crippen molar-refractivity contribution in [2.45, 2.75) is 32.7 Å². The van der Waals surface area contributed by atoms with Crippen LogP contribution in [0.5, 0.6) is 0 Å². The second-order valence-corrected chi connectivity index (χ2v) is 7.14. The third kappa shape index (κ3) is 5.59. The molecule has 0 aliphatic heterocycles. The van der Waals surface area contributed by atoms with Gasteiger partial charge >= 0.3 is 12.4 Å². The Hall–Kier alpha value is -3.64. The molecular formula is C20H17F6N5O2. The van der Waals surface area contributed by atoms with Gasteiger partial charge in [-0.2, -0.15) is 31.4 Å². The average molecular weight is 473 g/mol. The Kier molecular flexibility index (Phi) is 6.34. The quantitative estimate of drug-likeness (QED) is 0.575. The van der Waals surface area contributed by atoms with Gasteiger partial charge in [-0.15, -0.1) is 5.10 Å². The lowest BCUT2D eigenvalue weighted by Gasteiger charge is -2.14. The summed E-state index contributed by atoms with van der Waals surface area (Å²) in [5.41, 5.74) is -3.06. The van der Waals surface area contributed by atoms with E-state index in [1.54, 1.807) is 19.9 Å². The molecule has 13 heteroatoms.